The van der Waals surface area contributed by atoms with E-state index in [1.54, 1.807) is 14.0 Å². The van der Waals surface area contributed by atoms with Crippen molar-refractivity contribution in [1.29, 1.82) is 0 Å². The molecule has 0 saturated carbocycles. The number of amides is 1. The van der Waals surface area contributed by atoms with Crippen LogP contribution in [0.2, 0.25) is 0 Å². The van der Waals surface area contributed by atoms with Gasteiger partial charge in [-0.1, -0.05) is 0 Å². The average molecular weight is 309 g/mol. The van der Waals surface area contributed by atoms with E-state index in [9.17, 15) is 9.18 Å². The minimum absolute atomic E-state index is 0.111. The van der Waals surface area contributed by atoms with Crippen LogP contribution in [0.15, 0.2) is 18.2 Å². The maximum atomic E-state index is 13.9. The Morgan fingerprint density at radius 2 is 2.23 bits per heavy atom. The third-order valence-corrected chi connectivity index (χ3v) is 2.75. The normalized spacial score (nSPS) is 10.7. The summed E-state index contributed by atoms with van der Waals surface area (Å²) in [7, 11) is 1.55. The second kappa shape index (κ2) is 7.57. The van der Waals surface area contributed by atoms with E-state index < -0.39 is 5.82 Å². The van der Waals surface area contributed by atoms with Crippen LogP contribution in [0.1, 0.15) is 5.82 Å². The van der Waals surface area contributed by atoms with Crippen molar-refractivity contribution in [3.05, 3.63) is 29.8 Å². The molecule has 1 aromatic carbocycles. The van der Waals surface area contributed by atoms with Gasteiger partial charge in [0.15, 0.2) is 5.82 Å². The van der Waals surface area contributed by atoms with E-state index >= 15 is 0 Å². The van der Waals surface area contributed by atoms with Gasteiger partial charge in [-0.05, 0) is 35.5 Å². The SMILES string of the molecule is COCCOCC(=O)Nc1ccc(F)c(-n2nnnc2C)c1. The Labute approximate surface area is 126 Å². The summed E-state index contributed by atoms with van der Waals surface area (Å²) in [5.74, 6) is -0.405. The first-order chi connectivity index (χ1) is 10.6. The van der Waals surface area contributed by atoms with Gasteiger partial charge < -0.3 is 14.8 Å². The summed E-state index contributed by atoms with van der Waals surface area (Å²) < 4.78 is 25.0. The number of aryl methyl sites for hydroxylation is 1. The van der Waals surface area contributed by atoms with Crippen LogP contribution in [0.4, 0.5) is 10.1 Å². The van der Waals surface area contributed by atoms with Gasteiger partial charge in [0, 0.05) is 12.8 Å². The molecule has 1 amide bonds. The van der Waals surface area contributed by atoms with Crippen LogP contribution in [0.3, 0.4) is 0 Å². The minimum Gasteiger partial charge on any atom is -0.382 e. The molecule has 0 aliphatic carbocycles. The van der Waals surface area contributed by atoms with E-state index in [-0.39, 0.29) is 18.2 Å². The van der Waals surface area contributed by atoms with E-state index in [1.807, 2.05) is 0 Å². The summed E-state index contributed by atoms with van der Waals surface area (Å²) in [6, 6.07) is 4.13. The van der Waals surface area contributed by atoms with Gasteiger partial charge in [-0.3, -0.25) is 4.79 Å². The highest BCUT2D eigenvalue weighted by Crippen LogP contribution is 2.18. The van der Waals surface area contributed by atoms with Crippen molar-refractivity contribution in [2.45, 2.75) is 6.92 Å². The molecule has 118 valence electrons. The van der Waals surface area contributed by atoms with Gasteiger partial charge in [0.05, 0.1) is 13.2 Å². The smallest absolute Gasteiger partial charge is 0.250 e. The Morgan fingerprint density at radius 3 is 2.91 bits per heavy atom. The van der Waals surface area contributed by atoms with Crippen molar-refractivity contribution in [3.8, 4) is 5.69 Å². The summed E-state index contributed by atoms with van der Waals surface area (Å²) in [6.07, 6.45) is 0. The molecule has 0 atom stereocenters. The fourth-order valence-electron chi connectivity index (χ4n) is 1.71. The van der Waals surface area contributed by atoms with E-state index in [0.29, 0.717) is 24.7 Å². The number of benzene rings is 1. The number of nitrogens with one attached hydrogen (secondary N) is 1. The van der Waals surface area contributed by atoms with Crippen molar-refractivity contribution in [3.63, 3.8) is 0 Å². The number of methoxy groups -OCH3 is 1. The van der Waals surface area contributed by atoms with Gasteiger partial charge >= 0.3 is 0 Å². The minimum atomic E-state index is -0.496. The van der Waals surface area contributed by atoms with Crippen LogP contribution < -0.4 is 5.32 Å². The number of carbonyl (C=O) groups is 1. The number of aromatic nitrogens is 4. The van der Waals surface area contributed by atoms with Crippen LogP contribution in [-0.2, 0) is 14.3 Å². The van der Waals surface area contributed by atoms with E-state index in [4.69, 9.17) is 9.47 Å². The first-order valence-corrected chi connectivity index (χ1v) is 6.53. The molecule has 0 unspecified atom stereocenters. The van der Waals surface area contributed by atoms with E-state index in [2.05, 4.69) is 20.8 Å². The lowest BCUT2D eigenvalue weighted by Crippen LogP contribution is -2.19. The van der Waals surface area contributed by atoms with Gasteiger partial charge in [-0.15, -0.1) is 5.10 Å². The topological polar surface area (TPSA) is 91.2 Å². The zero-order chi connectivity index (χ0) is 15.9. The molecular formula is C13H16FN5O3. The Morgan fingerprint density at radius 1 is 1.41 bits per heavy atom. The molecule has 2 rings (SSSR count). The number of ether oxygens (including phenoxy) is 2. The molecule has 0 radical (unpaired) electrons. The first-order valence-electron chi connectivity index (χ1n) is 6.53. The number of nitrogens with zero attached hydrogens (tertiary/aromatic N) is 4. The predicted octanol–water partition coefficient (Wildman–Crippen LogP) is 0.711. The maximum Gasteiger partial charge on any atom is 0.250 e. The van der Waals surface area contributed by atoms with Crippen LogP contribution in [-0.4, -0.2) is 53.0 Å². The molecule has 1 aromatic heterocycles. The van der Waals surface area contributed by atoms with Crippen molar-refractivity contribution < 1.29 is 18.7 Å². The summed E-state index contributed by atoms with van der Waals surface area (Å²) >= 11 is 0. The monoisotopic (exact) mass is 309 g/mol. The molecule has 0 fully saturated rings. The number of halogens is 1. The van der Waals surface area contributed by atoms with Crippen LogP contribution in [0.5, 0.6) is 0 Å². The molecular weight excluding hydrogens is 293 g/mol. The van der Waals surface area contributed by atoms with Crippen LogP contribution in [0.25, 0.3) is 5.69 Å². The van der Waals surface area contributed by atoms with Gasteiger partial charge in [-0.25, -0.2) is 4.39 Å². The molecule has 0 spiro atoms. The fraction of sp³-hybridized carbons (Fsp3) is 0.385. The number of carbonyl (C=O) groups excluding carboxylic acids is 1. The number of hydrogen-bond donors (Lipinski definition) is 1. The third kappa shape index (κ3) is 4.06. The number of anilines is 1. The second-order valence-electron chi connectivity index (χ2n) is 4.40. The summed E-state index contributed by atoms with van der Waals surface area (Å²) in [6.45, 7) is 2.27. The molecule has 1 N–H and O–H groups in total. The van der Waals surface area contributed by atoms with E-state index in [0.717, 1.165) is 0 Å². The van der Waals surface area contributed by atoms with Crippen LogP contribution in [0, 0.1) is 12.7 Å². The zero-order valence-corrected chi connectivity index (χ0v) is 12.2. The van der Waals surface area contributed by atoms with E-state index in [1.165, 1.54) is 22.9 Å². The van der Waals surface area contributed by atoms with Gasteiger partial charge in [0.25, 0.3) is 0 Å². The van der Waals surface area contributed by atoms with Gasteiger partial charge in [0.1, 0.15) is 18.1 Å². The standard InChI is InChI=1S/C13H16FN5O3/c1-9-16-17-18-19(9)12-7-10(3-4-11(12)14)15-13(20)8-22-6-5-21-2/h3-4,7H,5-6,8H2,1-2H3,(H,15,20). The Balaban J connectivity index is 2.04. The molecule has 0 aliphatic heterocycles. The Hall–Kier alpha value is -2.39. The Kier molecular flexibility index (Phi) is 5.50. The zero-order valence-electron chi connectivity index (χ0n) is 12.2. The molecule has 2 aromatic rings. The number of tetrazole rings is 1. The number of rotatable bonds is 7. The quantitative estimate of drug-likeness (QED) is 0.758. The molecule has 0 aliphatic rings. The number of hydrogen-bond acceptors (Lipinski definition) is 6. The van der Waals surface area contributed by atoms with Crippen molar-refractivity contribution >= 4 is 11.6 Å². The first kappa shape index (κ1) is 16.0. The highest BCUT2D eigenvalue weighted by molar-refractivity contribution is 5.91. The average Bonchev–Trinajstić information content (AvgIpc) is 2.92. The largest absolute Gasteiger partial charge is 0.382 e. The highest BCUT2D eigenvalue weighted by Gasteiger charge is 2.11. The molecule has 0 bridgehead atoms. The van der Waals surface area contributed by atoms with Gasteiger partial charge in [-0.2, -0.15) is 4.68 Å². The molecule has 1 heterocycles. The lowest BCUT2D eigenvalue weighted by Gasteiger charge is -2.09. The molecule has 9 heteroatoms. The summed E-state index contributed by atoms with van der Waals surface area (Å²) in [5.41, 5.74) is 0.576. The molecule has 8 nitrogen and oxygen atoms in total. The lowest BCUT2D eigenvalue weighted by molar-refractivity contribution is -0.121. The predicted molar refractivity (Wildman–Crippen MR) is 75.2 cm³/mol. The highest BCUT2D eigenvalue weighted by atomic mass is 19.1. The summed E-state index contributed by atoms with van der Waals surface area (Å²) in [5, 5.41) is 13.5. The van der Waals surface area contributed by atoms with Crippen molar-refractivity contribution in [2.24, 2.45) is 0 Å². The van der Waals surface area contributed by atoms with Gasteiger partial charge in [0.2, 0.25) is 5.91 Å². The van der Waals surface area contributed by atoms with Crippen molar-refractivity contribution in [2.75, 3.05) is 32.2 Å². The lowest BCUT2D eigenvalue weighted by atomic mass is 10.2. The fourth-order valence-corrected chi connectivity index (χ4v) is 1.71. The molecule has 22 heavy (non-hydrogen) atoms. The summed E-state index contributed by atoms with van der Waals surface area (Å²) in [4.78, 5) is 11.7. The van der Waals surface area contributed by atoms with Crippen molar-refractivity contribution in [1.82, 2.24) is 20.2 Å². The molecule has 0 saturated heterocycles. The van der Waals surface area contributed by atoms with Crippen LogP contribution >= 0.6 is 0 Å². The third-order valence-electron chi connectivity index (χ3n) is 2.75. The Bertz CT molecular complexity index is 646. The maximum absolute atomic E-state index is 13.9. The second-order valence-corrected chi connectivity index (χ2v) is 4.40.